The molecule has 2 aromatic carbocycles. The van der Waals surface area contributed by atoms with E-state index in [0.29, 0.717) is 0 Å². The van der Waals surface area contributed by atoms with E-state index in [0.717, 1.165) is 23.8 Å². The summed E-state index contributed by atoms with van der Waals surface area (Å²) in [4.78, 5) is -0.198. The zero-order chi connectivity index (χ0) is 14.9. The van der Waals surface area contributed by atoms with Crippen molar-refractivity contribution in [3.8, 4) is 0 Å². The van der Waals surface area contributed by atoms with Gasteiger partial charge in [-0.15, -0.1) is 0 Å². The van der Waals surface area contributed by atoms with Crippen molar-refractivity contribution in [2.75, 3.05) is 10.5 Å². The first-order chi connectivity index (χ1) is 9.29. The molecule has 7 heteroatoms. The van der Waals surface area contributed by atoms with Gasteiger partial charge in [0, 0.05) is 0 Å². The monoisotopic (exact) mass is 314 g/mol. The van der Waals surface area contributed by atoms with E-state index in [1.54, 1.807) is 25.1 Å². The molecule has 20 heavy (non-hydrogen) atoms. The number of halogens is 2. The Morgan fingerprint density at radius 3 is 2.55 bits per heavy atom. The van der Waals surface area contributed by atoms with Crippen LogP contribution in [-0.4, -0.2) is 8.42 Å². The number of anilines is 2. The van der Waals surface area contributed by atoms with Gasteiger partial charge in [0.25, 0.3) is 10.0 Å². The lowest BCUT2D eigenvalue weighted by molar-refractivity contribution is 0.600. The fourth-order valence-electron chi connectivity index (χ4n) is 1.68. The normalized spacial score (nSPS) is 11.3. The summed E-state index contributed by atoms with van der Waals surface area (Å²) in [5, 5.41) is 0.264. The van der Waals surface area contributed by atoms with Gasteiger partial charge in [0.05, 0.1) is 16.4 Å². The molecule has 4 nitrogen and oxygen atoms in total. The van der Waals surface area contributed by atoms with Crippen molar-refractivity contribution in [1.82, 2.24) is 0 Å². The third-order valence-electron chi connectivity index (χ3n) is 2.63. The van der Waals surface area contributed by atoms with E-state index in [2.05, 4.69) is 4.72 Å². The van der Waals surface area contributed by atoms with Crippen LogP contribution in [-0.2, 0) is 10.0 Å². The van der Waals surface area contributed by atoms with Gasteiger partial charge in [0.2, 0.25) is 0 Å². The first-order valence-corrected chi connectivity index (χ1v) is 7.50. The van der Waals surface area contributed by atoms with Crippen molar-refractivity contribution in [3.63, 3.8) is 0 Å². The highest BCUT2D eigenvalue weighted by Gasteiger charge is 2.19. The van der Waals surface area contributed by atoms with Crippen LogP contribution in [0.4, 0.5) is 15.8 Å². The average Bonchev–Trinajstić information content (AvgIpc) is 2.33. The summed E-state index contributed by atoms with van der Waals surface area (Å²) in [5.74, 6) is -0.602. The highest BCUT2D eigenvalue weighted by molar-refractivity contribution is 7.92. The summed E-state index contributed by atoms with van der Waals surface area (Å²) < 4.78 is 39.8. The molecule has 0 unspecified atom stereocenters. The Balaban J connectivity index is 2.43. The molecule has 0 fully saturated rings. The second-order valence-electron chi connectivity index (χ2n) is 4.27. The van der Waals surface area contributed by atoms with Gasteiger partial charge in [-0.1, -0.05) is 17.7 Å². The lowest BCUT2D eigenvalue weighted by Crippen LogP contribution is -2.15. The maximum atomic E-state index is 13.0. The lowest BCUT2D eigenvalue weighted by atomic mass is 10.2. The van der Waals surface area contributed by atoms with Crippen LogP contribution >= 0.6 is 11.6 Å². The predicted molar refractivity (Wildman–Crippen MR) is 77.8 cm³/mol. The summed E-state index contributed by atoms with van der Waals surface area (Å²) >= 11 is 5.94. The Morgan fingerprint density at radius 1 is 1.20 bits per heavy atom. The van der Waals surface area contributed by atoms with Gasteiger partial charge < -0.3 is 5.73 Å². The third kappa shape index (κ3) is 3.02. The number of hydrogen-bond acceptors (Lipinski definition) is 3. The first-order valence-electron chi connectivity index (χ1n) is 5.63. The van der Waals surface area contributed by atoms with Crippen molar-refractivity contribution in [1.29, 1.82) is 0 Å². The van der Waals surface area contributed by atoms with Crippen LogP contribution in [0.1, 0.15) is 5.56 Å². The zero-order valence-electron chi connectivity index (χ0n) is 10.5. The molecule has 0 atom stereocenters. The van der Waals surface area contributed by atoms with Crippen LogP contribution in [0.15, 0.2) is 41.3 Å². The van der Waals surface area contributed by atoms with Crippen LogP contribution in [0.25, 0.3) is 0 Å². The van der Waals surface area contributed by atoms with Crippen molar-refractivity contribution in [2.45, 2.75) is 11.8 Å². The van der Waals surface area contributed by atoms with Crippen LogP contribution < -0.4 is 10.5 Å². The molecule has 0 aliphatic rings. The fourth-order valence-corrected chi connectivity index (χ4v) is 3.09. The maximum Gasteiger partial charge on any atom is 0.263 e. The molecule has 3 N–H and O–H groups in total. The standard InChI is InChI=1S/C13H12ClFN2O2S/c1-8-2-4-10(14)12(6-8)17-20(18,19)13-5-3-9(15)7-11(13)16/h2-7,17H,16H2,1H3. The largest absolute Gasteiger partial charge is 0.398 e. The molecular weight excluding hydrogens is 303 g/mol. The molecule has 0 radical (unpaired) electrons. The molecule has 0 bridgehead atoms. The number of hydrogen-bond donors (Lipinski definition) is 2. The van der Waals surface area contributed by atoms with Gasteiger partial charge in [0.1, 0.15) is 10.7 Å². The summed E-state index contributed by atoms with van der Waals surface area (Å²) in [6.07, 6.45) is 0. The number of benzene rings is 2. The second kappa shape index (κ2) is 5.30. The number of nitrogens with two attached hydrogens (primary N) is 1. The molecular formula is C13H12ClFN2O2S. The predicted octanol–water partition coefficient (Wildman–Crippen LogP) is 3.17. The smallest absolute Gasteiger partial charge is 0.263 e. The summed E-state index contributed by atoms with van der Waals surface area (Å²) in [6.45, 7) is 1.81. The Kier molecular flexibility index (Phi) is 3.87. The van der Waals surface area contributed by atoms with Gasteiger partial charge in [-0.25, -0.2) is 12.8 Å². The van der Waals surface area contributed by atoms with Gasteiger partial charge >= 0.3 is 0 Å². The maximum absolute atomic E-state index is 13.0. The molecule has 0 aliphatic heterocycles. The number of aryl methyl sites for hydroxylation is 1. The van der Waals surface area contributed by atoms with Crippen molar-refractivity contribution in [3.05, 3.63) is 52.8 Å². The van der Waals surface area contributed by atoms with E-state index >= 15 is 0 Å². The van der Waals surface area contributed by atoms with E-state index in [9.17, 15) is 12.8 Å². The Bertz CT molecular complexity index is 763. The molecule has 0 spiro atoms. The van der Waals surface area contributed by atoms with Gasteiger partial charge in [-0.3, -0.25) is 4.72 Å². The van der Waals surface area contributed by atoms with E-state index in [-0.39, 0.29) is 21.3 Å². The molecule has 0 saturated heterocycles. The molecule has 2 rings (SSSR count). The van der Waals surface area contributed by atoms with Crippen molar-refractivity contribution in [2.24, 2.45) is 0 Å². The number of rotatable bonds is 3. The van der Waals surface area contributed by atoms with E-state index in [4.69, 9.17) is 17.3 Å². The fraction of sp³-hybridized carbons (Fsp3) is 0.0769. The minimum atomic E-state index is -3.93. The zero-order valence-corrected chi connectivity index (χ0v) is 12.1. The molecule has 0 aromatic heterocycles. The Morgan fingerprint density at radius 2 is 1.90 bits per heavy atom. The Labute approximate surface area is 121 Å². The highest BCUT2D eigenvalue weighted by Crippen LogP contribution is 2.27. The van der Waals surface area contributed by atoms with Gasteiger partial charge in [-0.05, 0) is 42.8 Å². The average molecular weight is 315 g/mol. The first kappa shape index (κ1) is 14.6. The quantitative estimate of drug-likeness (QED) is 0.855. The highest BCUT2D eigenvalue weighted by atomic mass is 35.5. The van der Waals surface area contributed by atoms with Crippen LogP contribution in [0, 0.1) is 12.7 Å². The molecule has 0 heterocycles. The van der Waals surface area contributed by atoms with Gasteiger partial charge in [0.15, 0.2) is 0 Å². The molecule has 0 saturated carbocycles. The van der Waals surface area contributed by atoms with E-state index < -0.39 is 15.8 Å². The molecule has 106 valence electrons. The van der Waals surface area contributed by atoms with E-state index in [1.807, 2.05) is 0 Å². The van der Waals surface area contributed by atoms with Gasteiger partial charge in [-0.2, -0.15) is 0 Å². The number of nitrogens with one attached hydrogen (secondary N) is 1. The number of nitrogen functional groups attached to an aromatic ring is 1. The number of sulfonamides is 1. The molecule has 0 amide bonds. The van der Waals surface area contributed by atoms with Crippen LogP contribution in [0.2, 0.25) is 5.02 Å². The minimum Gasteiger partial charge on any atom is -0.398 e. The second-order valence-corrected chi connectivity index (χ2v) is 6.33. The van der Waals surface area contributed by atoms with Crippen LogP contribution in [0.5, 0.6) is 0 Å². The topological polar surface area (TPSA) is 72.2 Å². The van der Waals surface area contributed by atoms with E-state index in [1.165, 1.54) is 0 Å². The molecule has 2 aromatic rings. The lowest BCUT2D eigenvalue weighted by Gasteiger charge is -2.12. The SMILES string of the molecule is Cc1ccc(Cl)c(NS(=O)(=O)c2ccc(F)cc2N)c1. The van der Waals surface area contributed by atoms with Crippen molar-refractivity contribution < 1.29 is 12.8 Å². The minimum absolute atomic E-state index is 0.165. The summed E-state index contributed by atoms with van der Waals surface area (Å²) in [5.41, 5.74) is 6.46. The summed E-state index contributed by atoms with van der Waals surface area (Å²) in [6, 6.07) is 8.03. The molecule has 0 aliphatic carbocycles. The third-order valence-corrected chi connectivity index (χ3v) is 4.40. The summed E-state index contributed by atoms with van der Waals surface area (Å²) in [7, 11) is -3.93. The van der Waals surface area contributed by atoms with Crippen molar-refractivity contribution >= 4 is 33.0 Å². The van der Waals surface area contributed by atoms with Crippen LogP contribution in [0.3, 0.4) is 0 Å². The Hall–Kier alpha value is -1.79.